The second-order valence-electron chi connectivity index (χ2n) is 2.02. The quantitative estimate of drug-likeness (QED) is 0.411. The molecule has 0 saturated carbocycles. The first-order valence-electron chi connectivity index (χ1n) is 3.24. The molecule has 0 aliphatic carbocycles. The number of hydrogen-bond acceptors (Lipinski definition) is 5. The normalized spacial score (nSPS) is 8.57. The van der Waals surface area contributed by atoms with Gasteiger partial charge in [0.1, 0.15) is 0 Å². The van der Waals surface area contributed by atoms with E-state index >= 15 is 0 Å². The Labute approximate surface area is 96.0 Å². The van der Waals surface area contributed by atoms with Crippen molar-refractivity contribution < 1.29 is 33.6 Å². The molecular weight excluding hydrogens is 199 g/mol. The SMILES string of the molecule is C=CC(=O)Nc1nc(C(=O)[O-])cs1.[Li+]. The van der Waals surface area contributed by atoms with E-state index in [2.05, 4.69) is 16.9 Å². The van der Waals surface area contributed by atoms with Crippen molar-refractivity contribution in [1.29, 1.82) is 0 Å². The third-order valence-corrected chi connectivity index (χ3v) is 1.89. The molecule has 0 aliphatic heterocycles. The minimum absolute atomic E-state index is 0. The van der Waals surface area contributed by atoms with Gasteiger partial charge < -0.3 is 9.90 Å². The second kappa shape index (κ2) is 5.60. The van der Waals surface area contributed by atoms with E-state index in [0.717, 1.165) is 17.4 Å². The largest absolute Gasteiger partial charge is 1.00 e. The van der Waals surface area contributed by atoms with Gasteiger partial charge in [-0.2, -0.15) is 0 Å². The molecule has 0 atom stereocenters. The van der Waals surface area contributed by atoms with Crippen molar-refractivity contribution in [3.05, 3.63) is 23.7 Å². The number of carboxylic acid groups (broad SMARTS) is 1. The monoisotopic (exact) mass is 204 g/mol. The molecule has 0 spiro atoms. The Morgan fingerprint density at radius 2 is 2.29 bits per heavy atom. The summed E-state index contributed by atoms with van der Waals surface area (Å²) in [5.74, 6) is -1.80. The molecule has 0 aliphatic rings. The Balaban J connectivity index is 0.00000169. The van der Waals surface area contributed by atoms with Crippen molar-refractivity contribution in [3.8, 4) is 0 Å². The van der Waals surface area contributed by atoms with Gasteiger partial charge in [-0.25, -0.2) is 4.98 Å². The van der Waals surface area contributed by atoms with Crippen LogP contribution in [0.3, 0.4) is 0 Å². The fourth-order valence-electron chi connectivity index (χ4n) is 0.581. The molecule has 0 saturated heterocycles. The molecule has 0 bridgehead atoms. The summed E-state index contributed by atoms with van der Waals surface area (Å²) in [6.07, 6.45) is 1.07. The number of nitrogens with one attached hydrogen (secondary N) is 1. The number of carboxylic acids is 1. The molecule has 68 valence electrons. The van der Waals surface area contributed by atoms with Crippen molar-refractivity contribution >= 4 is 28.3 Å². The minimum Gasteiger partial charge on any atom is -0.543 e. The van der Waals surface area contributed by atoms with E-state index in [1.54, 1.807) is 0 Å². The van der Waals surface area contributed by atoms with Crippen LogP contribution in [0, 0.1) is 0 Å². The Morgan fingerprint density at radius 3 is 2.71 bits per heavy atom. The van der Waals surface area contributed by atoms with Crippen LogP contribution in [0.15, 0.2) is 18.0 Å². The molecule has 7 heteroatoms. The summed E-state index contributed by atoms with van der Waals surface area (Å²) in [7, 11) is 0. The summed E-state index contributed by atoms with van der Waals surface area (Å²) in [5, 5.41) is 14.1. The van der Waals surface area contributed by atoms with E-state index in [-0.39, 0.29) is 29.7 Å². The van der Waals surface area contributed by atoms with E-state index < -0.39 is 11.9 Å². The molecular formula is C7H5LiN2O3S. The second-order valence-corrected chi connectivity index (χ2v) is 2.88. The maximum Gasteiger partial charge on any atom is 1.00 e. The molecule has 1 rings (SSSR count). The standard InChI is InChI=1S/C7H6N2O3S.Li/c1-2-5(10)9-7-8-4(3-13-7)6(11)12;/h2-3H,1H2,(H,11,12)(H,8,9,10);/q;+1/p-1. The van der Waals surface area contributed by atoms with Crippen LogP contribution in [-0.2, 0) is 4.79 Å². The van der Waals surface area contributed by atoms with E-state index in [9.17, 15) is 14.7 Å². The van der Waals surface area contributed by atoms with E-state index in [4.69, 9.17) is 0 Å². The first-order valence-corrected chi connectivity index (χ1v) is 4.11. The zero-order valence-electron chi connectivity index (χ0n) is 7.44. The minimum atomic E-state index is -1.37. The smallest absolute Gasteiger partial charge is 0.543 e. The Bertz CT molecular complexity index is 364. The van der Waals surface area contributed by atoms with Gasteiger partial charge in [-0.3, -0.25) is 10.1 Å². The molecule has 1 heterocycles. The summed E-state index contributed by atoms with van der Waals surface area (Å²) in [5.41, 5.74) is -0.190. The number of carbonyl (C=O) groups excluding carboxylic acids is 2. The van der Waals surface area contributed by atoms with Gasteiger partial charge in [-0.15, -0.1) is 11.3 Å². The number of thiazole rings is 1. The molecule has 14 heavy (non-hydrogen) atoms. The van der Waals surface area contributed by atoms with Crippen molar-refractivity contribution in [1.82, 2.24) is 4.98 Å². The van der Waals surface area contributed by atoms with Crippen LogP contribution in [0.2, 0.25) is 0 Å². The summed E-state index contributed by atoms with van der Waals surface area (Å²) >= 11 is 1.01. The van der Waals surface area contributed by atoms with Gasteiger partial charge in [-0.05, 0) is 6.08 Å². The summed E-state index contributed by atoms with van der Waals surface area (Å²) < 4.78 is 0. The molecule has 0 radical (unpaired) electrons. The Hall–Kier alpha value is -1.09. The first-order chi connectivity index (χ1) is 6.13. The molecule has 5 nitrogen and oxygen atoms in total. The zero-order chi connectivity index (χ0) is 9.84. The summed E-state index contributed by atoms with van der Waals surface area (Å²) in [6, 6.07) is 0. The molecule has 1 aromatic rings. The van der Waals surface area contributed by atoms with Gasteiger partial charge >= 0.3 is 18.9 Å². The number of anilines is 1. The topological polar surface area (TPSA) is 82.1 Å². The van der Waals surface area contributed by atoms with Crippen LogP contribution in [0.5, 0.6) is 0 Å². The maximum atomic E-state index is 10.7. The number of aromatic nitrogens is 1. The fourth-order valence-corrected chi connectivity index (χ4v) is 1.26. The zero-order valence-corrected chi connectivity index (χ0v) is 8.26. The molecule has 1 aromatic heterocycles. The summed E-state index contributed by atoms with van der Waals surface area (Å²) in [6.45, 7) is 3.23. The van der Waals surface area contributed by atoms with Gasteiger partial charge in [0.25, 0.3) is 0 Å². The first kappa shape index (κ1) is 12.9. The molecule has 1 amide bonds. The van der Waals surface area contributed by atoms with Crippen molar-refractivity contribution in [3.63, 3.8) is 0 Å². The van der Waals surface area contributed by atoms with Crippen LogP contribution >= 0.6 is 11.3 Å². The van der Waals surface area contributed by atoms with Crippen molar-refractivity contribution in [2.24, 2.45) is 0 Å². The van der Waals surface area contributed by atoms with E-state index in [1.165, 1.54) is 5.38 Å². The molecule has 0 fully saturated rings. The van der Waals surface area contributed by atoms with Crippen LogP contribution in [0.4, 0.5) is 5.13 Å². The number of nitrogens with zero attached hydrogens (tertiary/aromatic N) is 1. The average Bonchev–Trinajstić information content (AvgIpc) is 2.52. The number of carbonyl (C=O) groups is 2. The van der Waals surface area contributed by atoms with Gasteiger partial charge in [0.05, 0.1) is 11.7 Å². The number of rotatable bonds is 3. The van der Waals surface area contributed by atoms with Crippen LogP contribution in [0.1, 0.15) is 10.5 Å². The molecule has 1 N–H and O–H groups in total. The predicted octanol–water partition coefficient (Wildman–Crippen LogP) is -3.36. The van der Waals surface area contributed by atoms with Gasteiger partial charge in [-0.1, -0.05) is 6.58 Å². The predicted molar refractivity (Wildman–Crippen MR) is 45.3 cm³/mol. The average molecular weight is 204 g/mol. The van der Waals surface area contributed by atoms with Gasteiger partial charge in [0.15, 0.2) is 5.13 Å². The van der Waals surface area contributed by atoms with Gasteiger partial charge in [0.2, 0.25) is 5.91 Å². The van der Waals surface area contributed by atoms with E-state index in [0.29, 0.717) is 0 Å². The molecule has 0 unspecified atom stereocenters. The maximum absolute atomic E-state index is 10.7. The fraction of sp³-hybridized carbons (Fsp3) is 0. The number of aromatic carboxylic acids is 1. The van der Waals surface area contributed by atoms with Gasteiger partial charge in [0, 0.05) is 5.38 Å². The van der Waals surface area contributed by atoms with Crippen LogP contribution < -0.4 is 29.3 Å². The van der Waals surface area contributed by atoms with Crippen LogP contribution in [-0.4, -0.2) is 16.9 Å². The molecule has 0 aromatic carbocycles. The number of amides is 1. The van der Waals surface area contributed by atoms with Crippen LogP contribution in [0.25, 0.3) is 0 Å². The van der Waals surface area contributed by atoms with Crippen molar-refractivity contribution in [2.45, 2.75) is 0 Å². The third kappa shape index (κ3) is 3.34. The Morgan fingerprint density at radius 1 is 1.64 bits per heavy atom. The summed E-state index contributed by atoms with van der Waals surface area (Å²) in [4.78, 5) is 24.6. The third-order valence-electron chi connectivity index (χ3n) is 1.13. The van der Waals surface area contributed by atoms with E-state index in [1.807, 2.05) is 0 Å². The number of hydrogen-bond donors (Lipinski definition) is 1. The Kier molecular flexibility index (Phi) is 5.16. The van der Waals surface area contributed by atoms with Crippen molar-refractivity contribution in [2.75, 3.05) is 5.32 Å².